The third kappa shape index (κ3) is 4.20. The van der Waals surface area contributed by atoms with Crippen LogP contribution in [0.25, 0.3) is 0 Å². The van der Waals surface area contributed by atoms with Crippen molar-refractivity contribution < 1.29 is 14.6 Å². The fourth-order valence-corrected chi connectivity index (χ4v) is 1.70. The first-order valence-electron chi connectivity index (χ1n) is 5.72. The molecule has 0 atom stereocenters. The molecular formula is C13H18ClNO3. The van der Waals surface area contributed by atoms with E-state index in [0.717, 1.165) is 18.5 Å². The zero-order chi connectivity index (χ0) is 13.7. The molecular weight excluding hydrogens is 254 g/mol. The van der Waals surface area contributed by atoms with E-state index in [1.807, 2.05) is 21.0 Å². The second kappa shape index (κ2) is 6.61. The van der Waals surface area contributed by atoms with Crippen molar-refractivity contribution in [3.05, 3.63) is 28.3 Å². The van der Waals surface area contributed by atoms with Crippen LogP contribution in [0.15, 0.2) is 12.1 Å². The fourth-order valence-electron chi connectivity index (χ4n) is 1.49. The van der Waals surface area contributed by atoms with E-state index in [0.29, 0.717) is 17.4 Å². The van der Waals surface area contributed by atoms with Gasteiger partial charge in [0.05, 0.1) is 12.2 Å². The summed E-state index contributed by atoms with van der Waals surface area (Å²) in [7, 11) is 3.99. The number of nitrogens with zero attached hydrogens (tertiary/aromatic N) is 1. The number of benzene rings is 1. The van der Waals surface area contributed by atoms with Crippen LogP contribution < -0.4 is 4.74 Å². The highest BCUT2D eigenvalue weighted by atomic mass is 35.5. The van der Waals surface area contributed by atoms with Crippen LogP contribution in [-0.2, 0) is 0 Å². The minimum absolute atomic E-state index is 0.146. The third-order valence-corrected chi connectivity index (χ3v) is 2.94. The van der Waals surface area contributed by atoms with Crippen molar-refractivity contribution in [3.8, 4) is 5.75 Å². The largest absolute Gasteiger partial charge is 0.493 e. The summed E-state index contributed by atoms with van der Waals surface area (Å²) in [6.45, 7) is 3.28. The van der Waals surface area contributed by atoms with Gasteiger partial charge < -0.3 is 14.7 Å². The van der Waals surface area contributed by atoms with Gasteiger partial charge in [-0.05, 0) is 39.6 Å². The smallest absolute Gasteiger partial charge is 0.335 e. The van der Waals surface area contributed by atoms with Crippen LogP contribution in [0.3, 0.4) is 0 Å². The Kier molecular flexibility index (Phi) is 5.44. The molecule has 18 heavy (non-hydrogen) atoms. The van der Waals surface area contributed by atoms with E-state index in [2.05, 4.69) is 4.90 Å². The average molecular weight is 272 g/mol. The SMILES string of the molecule is Cc1c(Cl)cc(C(=O)O)cc1OCCCN(C)C. The molecule has 0 radical (unpaired) electrons. The highest BCUT2D eigenvalue weighted by molar-refractivity contribution is 6.31. The quantitative estimate of drug-likeness (QED) is 0.808. The number of carbonyl (C=O) groups is 1. The number of carboxylic acids is 1. The van der Waals surface area contributed by atoms with E-state index in [4.69, 9.17) is 21.4 Å². The van der Waals surface area contributed by atoms with Crippen LogP contribution in [-0.4, -0.2) is 43.2 Å². The van der Waals surface area contributed by atoms with Crippen LogP contribution in [0.1, 0.15) is 22.3 Å². The molecule has 100 valence electrons. The van der Waals surface area contributed by atoms with Crippen molar-refractivity contribution in [2.75, 3.05) is 27.2 Å². The molecule has 0 unspecified atom stereocenters. The van der Waals surface area contributed by atoms with Gasteiger partial charge in [-0.15, -0.1) is 0 Å². The molecule has 1 aromatic rings. The van der Waals surface area contributed by atoms with Crippen molar-refractivity contribution in [3.63, 3.8) is 0 Å². The van der Waals surface area contributed by atoms with Gasteiger partial charge >= 0.3 is 5.97 Å². The zero-order valence-corrected chi connectivity index (χ0v) is 11.6. The maximum Gasteiger partial charge on any atom is 0.335 e. The Morgan fingerprint density at radius 2 is 2.11 bits per heavy atom. The van der Waals surface area contributed by atoms with Gasteiger partial charge in [0.1, 0.15) is 5.75 Å². The third-order valence-electron chi connectivity index (χ3n) is 2.55. The molecule has 0 aromatic heterocycles. The molecule has 0 fully saturated rings. The number of hydrogen-bond donors (Lipinski definition) is 1. The van der Waals surface area contributed by atoms with E-state index in [1.54, 1.807) is 0 Å². The normalized spacial score (nSPS) is 10.7. The van der Waals surface area contributed by atoms with E-state index in [1.165, 1.54) is 12.1 Å². The molecule has 1 N–H and O–H groups in total. The average Bonchev–Trinajstić information content (AvgIpc) is 2.28. The molecule has 0 aliphatic heterocycles. The Hall–Kier alpha value is -1.26. The van der Waals surface area contributed by atoms with Gasteiger partial charge in [-0.3, -0.25) is 0 Å². The van der Waals surface area contributed by atoms with Gasteiger partial charge in [-0.2, -0.15) is 0 Å². The van der Waals surface area contributed by atoms with E-state index < -0.39 is 5.97 Å². The summed E-state index contributed by atoms with van der Waals surface area (Å²) in [6.07, 6.45) is 0.876. The van der Waals surface area contributed by atoms with Crippen LogP contribution in [0, 0.1) is 6.92 Å². The van der Waals surface area contributed by atoms with E-state index >= 15 is 0 Å². The molecule has 5 heteroatoms. The number of halogens is 1. The Labute approximate surface area is 112 Å². The topological polar surface area (TPSA) is 49.8 Å². The molecule has 0 amide bonds. The Balaban J connectivity index is 2.72. The minimum Gasteiger partial charge on any atom is -0.493 e. The molecule has 0 spiro atoms. The molecule has 0 saturated carbocycles. The maximum absolute atomic E-state index is 10.9. The molecule has 4 nitrogen and oxygen atoms in total. The maximum atomic E-state index is 10.9. The number of ether oxygens (including phenoxy) is 1. The lowest BCUT2D eigenvalue weighted by atomic mass is 10.1. The molecule has 0 heterocycles. The van der Waals surface area contributed by atoms with Gasteiger partial charge in [0.15, 0.2) is 0 Å². The predicted octanol–water partition coefficient (Wildman–Crippen LogP) is 2.68. The monoisotopic (exact) mass is 271 g/mol. The summed E-state index contributed by atoms with van der Waals surface area (Å²) >= 11 is 5.97. The first-order valence-corrected chi connectivity index (χ1v) is 6.10. The highest BCUT2D eigenvalue weighted by Gasteiger charge is 2.11. The first kappa shape index (κ1) is 14.8. The van der Waals surface area contributed by atoms with Crippen LogP contribution in [0.5, 0.6) is 5.75 Å². The first-order chi connectivity index (χ1) is 8.41. The highest BCUT2D eigenvalue weighted by Crippen LogP contribution is 2.27. The van der Waals surface area contributed by atoms with Gasteiger partial charge in [0.25, 0.3) is 0 Å². The number of carboxylic acid groups (broad SMARTS) is 1. The molecule has 0 bridgehead atoms. The number of rotatable bonds is 6. The number of hydrogen-bond acceptors (Lipinski definition) is 3. The van der Waals surface area contributed by atoms with Crippen molar-refractivity contribution in [2.45, 2.75) is 13.3 Å². The summed E-state index contributed by atoms with van der Waals surface area (Å²) < 4.78 is 5.58. The van der Waals surface area contributed by atoms with Gasteiger partial charge in [0, 0.05) is 17.1 Å². The Bertz CT molecular complexity index is 432. The van der Waals surface area contributed by atoms with Gasteiger partial charge in [-0.25, -0.2) is 4.79 Å². The summed E-state index contributed by atoms with van der Waals surface area (Å²) in [5.74, 6) is -0.464. The lowest BCUT2D eigenvalue weighted by molar-refractivity contribution is 0.0696. The van der Waals surface area contributed by atoms with Gasteiger partial charge in [-0.1, -0.05) is 11.6 Å². The van der Waals surface area contributed by atoms with E-state index in [9.17, 15) is 4.79 Å². The lowest BCUT2D eigenvalue weighted by Gasteiger charge is -2.13. The molecule has 0 saturated heterocycles. The Morgan fingerprint density at radius 3 is 2.67 bits per heavy atom. The molecule has 0 aliphatic carbocycles. The molecule has 0 aliphatic rings. The summed E-state index contributed by atoms with van der Waals surface area (Å²) in [5, 5.41) is 9.36. The lowest BCUT2D eigenvalue weighted by Crippen LogP contribution is -2.15. The Morgan fingerprint density at radius 1 is 1.44 bits per heavy atom. The standard InChI is InChI=1S/C13H18ClNO3/c1-9-11(14)7-10(13(16)17)8-12(9)18-6-4-5-15(2)3/h7-8H,4-6H2,1-3H3,(H,16,17). The van der Waals surface area contributed by atoms with Crippen molar-refractivity contribution in [2.24, 2.45) is 0 Å². The van der Waals surface area contributed by atoms with Crippen LogP contribution in [0.4, 0.5) is 0 Å². The van der Waals surface area contributed by atoms with Crippen LogP contribution in [0.2, 0.25) is 5.02 Å². The molecule has 1 rings (SSSR count). The van der Waals surface area contributed by atoms with E-state index in [-0.39, 0.29) is 5.56 Å². The summed E-state index contributed by atoms with van der Waals surface area (Å²) in [6, 6.07) is 2.95. The van der Waals surface area contributed by atoms with Crippen molar-refractivity contribution in [1.82, 2.24) is 4.90 Å². The van der Waals surface area contributed by atoms with Crippen LogP contribution >= 0.6 is 11.6 Å². The predicted molar refractivity (Wildman–Crippen MR) is 71.8 cm³/mol. The zero-order valence-electron chi connectivity index (χ0n) is 10.9. The number of aromatic carboxylic acids is 1. The second-order valence-electron chi connectivity index (χ2n) is 4.39. The fraction of sp³-hybridized carbons (Fsp3) is 0.462. The second-order valence-corrected chi connectivity index (χ2v) is 4.80. The van der Waals surface area contributed by atoms with Gasteiger partial charge in [0.2, 0.25) is 0 Å². The summed E-state index contributed by atoms with van der Waals surface area (Å²) in [4.78, 5) is 13.0. The van der Waals surface area contributed by atoms with Crippen molar-refractivity contribution in [1.29, 1.82) is 0 Å². The van der Waals surface area contributed by atoms with Crippen molar-refractivity contribution >= 4 is 17.6 Å². The minimum atomic E-state index is -1.00. The molecule has 1 aromatic carbocycles. The summed E-state index contributed by atoms with van der Waals surface area (Å²) in [5.41, 5.74) is 0.916.